The van der Waals surface area contributed by atoms with Gasteiger partial charge in [0.05, 0.1) is 0 Å². The lowest BCUT2D eigenvalue weighted by atomic mass is 10.1. The second kappa shape index (κ2) is 5.58. The topological polar surface area (TPSA) is 69.0 Å². The summed E-state index contributed by atoms with van der Waals surface area (Å²) in [6.45, 7) is 2.19. The third kappa shape index (κ3) is 3.26. The van der Waals surface area contributed by atoms with E-state index >= 15 is 0 Å². The summed E-state index contributed by atoms with van der Waals surface area (Å²) in [6, 6.07) is 5.22. The number of hydrogen-bond donors (Lipinski definition) is 1. The summed E-state index contributed by atoms with van der Waals surface area (Å²) in [4.78, 5) is 2.63. The van der Waals surface area contributed by atoms with Crippen molar-refractivity contribution in [2.75, 3.05) is 6.54 Å². The zero-order chi connectivity index (χ0) is 11.1. The molecule has 0 radical (unpaired) electrons. The second-order valence-corrected chi connectivity index (χ2v) is 2.96. The minimum atomic E-state index is 0.247. The normalized spacial score (nSPS) is 8.60. The van der Waals surface area contributed by atoms with Gasteiger partial charge in [-0.1, -0.05) is 23.0 Å². The average Bonchev–Trinajstić information content (AvgIpc) is 2.24. The molecule has 0 aromatic heterocycles. The first kappa shape index (κ1) is 11.0. The van der Waals surface area contributed by atoms with Gasteiger partial charge in [-0.3, -0.25) is 0 Å². The lowest BCUT2D eigenvalue weighted by Crippen LogP contribution is -1.82. The predicted octanol–water partition coefficient (Wildman–Crippen LogP) is 2.75. The molecule has 0 spiro atoms. The second-order valence-electron chi connectivity index (χ2n) is 2.96. The molecule has 0 unspecified atom stereocenters. The first-order chi connectivity index (χ1) is 7.25. The van der Waals surface area contributed by atoms with Gasteiger partial charge in [0.2, 0.25) is 0 Å². The number of rotatable bonds is 2. The summed E-state index contributed by atoms with van der Waals surface area (Å²) >= 11 is 0. The van der Waals surface area contributed by atoms with E-state index in [2.05, 4.69) is 21.9 Å². The first-order valence-electron chi connectivity index (χ1n) is 4.54. The van der Waals surface area contributed by atoms with Gasteiger partial charge in [0.1, 0.15) is 5.75 Å². The van der Waals surface area contributed by atoms with Crippen molar-refractivity contribution in [3.05, 3.63) is 39.8 Å². The van der Waals surface area contributed by atoms with Gasteiger partial charge in [0, 0.05) is 29.0 Å². The molecule has 1 aromatic rings. The smallest absolute Gasteiger partial charge is 0.119 e. The van der Waals surface area contributed by atoms with Crippen LogP contribution in [0.15, 0.2) is 23.3 Å². The molecule has 1 N–H and O–H groups in total. The van der Waals surface area contributed by atoms with Crippen LogP contribution >= 0.6 is 0 Å². The van der Waals surface area contributed by atoms with E-state index in [1.807, 2.05) is 13.0 Å². The largest absolute Gasteiger partial charge is 0.508 e. The summed E-state index contributed by atoms with van der Waals surface area (Å²) in [5, 5.41) is 12.8. The van der Waals surface area contributed by atoms with Gasteiger partial charge in [-0.05, 0) is 24.6 Å². The molecule has 0 saturated heterocycles. The van der Waals surface area contributed by atoms with Crippen LogP contribution in [0.25, 0.3) is 10.4 Å². The van der Waals surface area contributed by atoms with Crippen molar-refractivity contribution in [1.82, 2.24) is 0 Å². The number of benzene rings is 1. The third-order valence-electron chi connectivity index (χ3n) is 1.93. The highest BCUT2D eigenvalue weighted by molar-refractivity contribution is 5.47. The van der Waals surface area contributed by atoms with Crippen molar-refractivity contribution in [3.8, 4) is 17.6 Å². The van der Waals surface area contributed by atoms with Crippen LogP contribution in [-0.2, 0) is 0 Å². The maximum Gasteiger partial charge on any atom is 0.119 e. The van der Waals surface area contributed by atoms with Gasteiger partial charge >= 0.3 is 0 Å². The van der Waals surface area contributed by atoms with Crippen LogP contribution in [0.4, 0.5) is 0 Å². The van der Waals surface area contributed by atoms with Crippen LogP contribution in [0.2, 0.25) is 0 Å². The lowest BCUT2D eigenvalue weighted by molar-refractivity contribution is 0.471. The minimum Gasteiger partial charge on any atom is -0.508 e. The number of hydrogen-bond acceptors (Lipinski definition) is 2. The fourth-order valence-corrected chi connectivity index (χ4v) is 1.07. The van der Waals surface area contributed by atoms with E-state index < -0.39 is 0 Å². The Morgan fingerprint density at radius 1 is 1.53 bits per heavy atom. The number of phenols is 1. The van der Waals surface area contributed by atoms with Gasteiger partial charge in [-0.25, -0.2) is 0 Å². The van der Waals surface area contributed by atoms with E-state index in [4.69, 9.17) is 5.53 Å². The zero-order valence-electron chi connectivity index (χ0n) is 8.44. The van der Waals surface area contributed by atoms with Crippen LogP contribution < -0.4 is 0 Å². The van der Waals surface area contributed by atoms with Gasteiger partial charge < -0.3 is 5.11 Å². The fourth-order valence-electron chi connectivity index (χ4n) is 1.07. The molecule has 4 heteroatoms. The van der Waals surface area contributed by atoms with Crippen LogP contribution in [-0.4, -0.2) is 11.7 Å². The standard InChI is InChI=1S/C11H11N3O/c1-9-10(6-4-7-11(9)15)5-2-3-8-13-14-12/h4,6-7,15H,3,8H2,1H3. The van der Waals surface area contributed by atoms with Crippen LogP contribution in [0.3, 0.4) is 0 Å². The van der Waals surface area contributed by atoms with Crippen molar-refractivity contribution >= 4 is 0 Å². The Bertz CT molecular complexity index is 451. The third-order valence-corrected chi connectivity index (χ3v) is 1.93. The van der Waals surface area contributed by atoms with Gasteiger partial charge in [-0.15, -0.1) is 0 Å². The highest BCUT2D eigenvalue weighted by atomic mass is 16.3. The molecule has 0 aliphatic carbocycles. The molecule has 0 fully saturated rings. The van der Waals surface area contributed by atoms with E-state index in [1.54, 1.807) is 12.1 Å². The average molecular weight is 201 g/mol. The summed E-state index contributed by atoms with van der Waals surface area (Å²) in [5.41, 5.74) is 9.61. The SMILES string of the molecule is Cc1c(O)cccc1C#CCCN=[N+]=[N-]. The molecule has 15 heavy (non-hydrogen) atoms. The van der Waals surface area contributed by atoms with Crippen molar-refractivity contribution in [2.24, 2.45) is 5.11 Å². The van der Waals surface area contributed by atoms with E-state index in [1.165, 1.54) is 0 Å². The number of aromatic hydroxyl groups is 1. The molecule has 0 atom stereocenters. The van der Waals surface area contributed by atoms with E-state index in [0.717, 1.165) is 11.1 Å². The highest BCUT2D eigenvalue weighted by Crippen LogP contribution is 2.18. The predicted molar refractivity (Wildman–Crippen MR) is 58.4 cm³/mol. The van der Waals surface area contributed by atoms with Crippen molar-refractivity contribution in [3.63, 3.8) is 0 Å². The van der Waals surface area contributed by atoms with Crippen molar-refractivity contribution in [1.29, 1.82) is 0 Å². The molecule has 76 valence electrons. The summed E-state index contributed by atoms with van der Waals surface area (Å²) in [6.07, 6.45) is 0.527. The van der Waals surface area contributed by atoms with Crippen LogP contribution in [0.1, 0.15) is 17.5 Å². The van der Waals surface area contributed by atoms with E-state index in [0.29, 0.717) is 13.0 Å². The van der Waals surface area contributed by atoms with Gasteiger partial charge in [0.25, 0.3) is 0 Å². The summed E-state index contributed by atoms with van der Waals surface area (Å²) in [5.74, 6) is 6.05. The first-order valence-corrected chi connectivity index (χ1v) is 4.54. The van der Waals surface area contributed by atoms with Crippen molar-refractivity contribution in [2.45, 2.75) is 13.3 Å². The Labute approximate surface area is 88.2 Å². The number of azide groups is 1. The molecule has 1 aromatic carbocycles. The maximum atomic E-state index is 9.41. The molecule has 0 saturated carbocycles. The Kier molecular flexibility index (Phi) is 4.08. The highest BCUT2D eigenvalue weighted by Gasteiger charge is 1.98. The minimum absolute atomic E-state index is 0.247. The monoisotopic (exact) mass is 201 g/mol. The number of phenolic OH excluding ortho intramolecular Hbond substituents is 1. The number of nitrogens with zero attached hydrogens (tertiary/aromatic N) is 3. The molecule has 4 nitrogen and oxygen atoms in total. The Morgan fingerprint density at radius 2 is 2.33 bits per heavy atom. The Hall–Kier alpha value is -2.11. The quantitative estimate of drug-likeness (QED) is 0.258. The van der Waals surface area contributed by atoms with E-state index in [-0.39, 0.29) is 5.75 Å². The molecule has 0 aliphatic heterocycles. The van der Waals surface area contributed by atoms with E-state index in [9.17, 15) is 5.11 Å². The Balaban J connectivity index is 2.71. The molecule has 0 amide bonds. The van der Waals surface area contributed by atoms with Crippen LogP contribution in [0.5, 0.6) is 5.75 Å². The Morgan fingerprint density at radius 3 is 3.07 bits per heavy atom. The zero-order valence-corrected chi connectivity index (χ0v) is 8.44. The summed E-state index contributed by atoms with van der Waals surface area (Å²) in [7, 11) is 0. The van der Waals surface area contributed by atoms with Gasteiger partial charge in [-0.2, -0.15) is 0 Å². The fraction of sp³-hybridized carbons (Fsp3) is 0.273. The molecule has 1 rings (SSSR count). The molecular formula is C11H11N3O. The van der Waals surface area contributed by atoms with Crippen molar-refractivity contribution < 1.29 is 5.11 Å². The molecule has 0 heterocycles. The molecule has 0 bridgehead atoms. The summed E-state index contributed by atoms with van der Waals surface area (Å²) < 4.78 is 0. The molecular weight excluding hydrogens is 190 g/mol. The van der Waals surface area contributed by atoms with Crippen LogP contribution in [0, 0.1) is 18.8 Å². The molecule has 0 aliphatic rings. The van der Waals surface area contributed by atoms with Gasteiger partial charge in [0.15, 0.2) is 0 Å². The lowest BCUT2D eigenvalue weighted by Gasteiger charge is -1.99. The maximum absolute atomic E-state index is 9.41.